The molecule has 1 fully saturated rings. The average Bonchev–Trinajstić information content (AvgIpc) is 2.47. The lowest BCUT2D eigenvalue weighted by Gasteiger charge is -2.29. The Balaban J connectivity index is 1.84. The largest absolute Gasteiger partial charge is 0.352 e. The van der Waals surface area contributed by atoms with Crippen LogP contribution in [0.5, 0.6) is 0 Å². The van der Waals surface area contributed by atoms with Gasteiger partial charge < -0.3 is 10.6 Å². The highest BCUT2D eigenvalue weighted by atomic mass is 19.1. The first-order chi connectivity index (χ1) is 10.5. The Morgan fingerprint density at radius 2 is 1.95 bits per heavy atom. The van der Waals surface area contributed by atoms with Crippen molar-refractivity contribution < 1.29 is 18.4 Å². The summed E-state index contributed by atoms with van der Waals surface area (Å²) in [5.74, 6) is -2.31. The van der Waals surface area contributed by atoms with E-state index in [4.69, 9.17) is 0 Å². The molecule has 0 spiro atoms. The maximum Gasteiger partial charge on any atom is 0.254 e. The molecule has 120 valence electrons. The molecule has 1 aliphatic rings. The summed E-state index contributed by atoms with van der Waals surface area (Å²) in [7, 11) is 0. The van der Waals surface area contributed by atoms with Crippen LogP contribution in [0.25, 0.3) is 0 Å². The van der Waals surface area contributed by atoms with Crippen LogP contribution in [0.3, 0.4) is 0 Å². The van der Waals surface area contributed by atoms with Gasteiger partial charge in [0.1, 0.15) is 11.6 Å². The van der Waals surface area contributed by atoms with Crippen LogP contribution in [0.15, 0.2) is 18.2 Å². The van der Waals surface area contributed by atoms with Crippen LogP contribution < -0.4 is 10.6 Å². The predicted molar refractivity (Wildman–Crippen MR) is 78.3 cm³/mol. The Morgan fingerprint density at radius 1 is 1.23 bits per heavy atom. The van der Waals surface area contributed by atoms with Crippen molar-refractivity contribution in [2.45, 2.75) is 38.6 Å². The number of rotatable bonds is 4. The van der Waals surface area contributed by atoms with Gasteiger partial charge in [0.25, 0.3) is 5.91 Å². The second-order valence-electron chi connectivity index (χ2n) is 5.74. The molecule has 2 N–H and O–H groups in total. The van der Waals surface area contributed by atoms with E-state index in [0.717, 1.165) is 31.4 Å². The lowest BCUT2D eigenvalue weighted by atomic mass is 9.86. The highest BCUT2D eigenvalue weighted by molar-refractivity contribution is 5.96. The zero-order chi connectivity index (χ0) is 16.1. The Labute approximate surface area is 128 Å². The summed E-state index contributed by atoms with van der Waals surface area (Å²) in [5, 5.41) is 5.24. The minimum absolute atomic E-state index is 0.126. The molecular weight excluding hydrogens is 290 g/mol. The van der Waals surface area contributed by atoms with Gasteiger partial charge in [-0.1, -0.05) is 19.8 Å². The zero-order valence-electron chi connectivity index (χ0n) is 12.5. The van der Waals surface area contributed by atoms with E-state index in [0.29, 0.717) is 12.0 Å². The second-order valence-corrected chi connectivity index (χ2v) is 5.74. The van der Waals surface area contributed by atoms with E-state index in [1.807, 2.05) is 0 Å². The van der Waals surface area contributed by atoms with Gasteiger partial charge in [0, 0.05) is 12.1 Å². The molecule has 1 aromatic rings. The fourth-order valence-electron chi connectivity index (χ4n) is 2.72. The van der Waals surface area contributed by atoms with Crippen molar-refractivity contribution in [3.8, 4) is 0 Å². The quantitative estimate of drug-likeness (QED) is 0.897. The zero-order valence-corrected chi connectivity index (χ0v) is 12.5. The number of benzene rings is 1. The summed E-state index contributed by atoms with van der Waals surface area (Å²) in [6.07, 6.45) is 4.28. The Morgan fingerprint density at radius 3 is 2.64 bits per heavy atom. The molecular formula is C16H20F2N2O2. The van der Waals surface area contributed by atoms with Crippen molar-refractivity contribution in [2.75, 3.05) is 6.54 Å². The number of carbonyl (C=O) groups excluding carboxylic acids is 2. The number of hydrogen-bond donors (Lipinski definition) is 2. The van der Waals surface area contributed by atoms with Crippen LogP contribution in [0.2, 0.25) is 0 Å². The highest BCUT2D eigenvalue weighted by Gasteiger charge is 2.23. The summed E-state index contributed by atoms with van der Waals surface area (Å²) in [4.78, 5) is 23.6. The van der Waals surface area contributed by atoms with E-state index in [2.05, 4.69) is 17.6 Å². The fourth-order valence-corrected chi connectivity index (χ4v) is 2.72. The van der Waals surface area contributed by atoms with Crippen molar-refractivity contribution in [2.24, 2.45) is 5.92 Å². The molecule has 0 saturated heterocycles. The molecule has 2 amide bonds. The molecule has 0 bridgehead atoms. The molecule has 0 aromatic heterocycles. The minimum atomic E-state index is -0.946. The molecule has 1 saturated carbocycles. The highest BCUT2D eigenvalue weighted by Crippen LogP contribution is 2.23. The van der Waals surface area contributed by atoms with Crippen molar-refractivity contribution in [3.63, 3.8) is 0 Å². The van der Waals surface area contributed by atoms with Gasteiger partial charge in [0.15, 0.2) is 0 Å². The molecule has 4 nitrogen and oxygen atoms in total. The Bertz CT molecular complexity index is 563. The third-order valence-corrected chi connectivity index (χ3v) is 4.04. The molecule has 22 heavy (non-hydrogen) atoms. The number of carbonyl (C=O) groups is 2. The first kappa shape index (κ1) is 16.4. The van der Waals surface area contributed by atoms with E-state index in [1.165, 1.54) is 6.42 Å². The summed E-state index contributed by atoms with van der Waals surface area (Å²) in [5.41, 5.74) is -0.278. The Hall–Kier alpha value is -1.98. The molecule has 6 heteroatoms. The summed E-state index contributed by atoms with van der Waals surface area (Å²) >= 11 is 0. The van der Waals surface area contributed by atoms with Crippen LogP contribution in [0.4, 0.5) is 8.78 Å². The monoisotopic (exact) mass is 310 g/mol. The van der Waals surface area contributed by atoms with Crippen LogP contribution in [-0.2, 0) is 4.79 Å². The van der Waals surface area contributed by atoms with E-state index in [-0.39, 0.29) is 24.1 Å². The van der Waals surface area contributed by atoms with E-state index in [9.17, 15) is 18.4 Å². The molecule has 0 radical (unpaired) electrons. The van der Waals surface area contributed by atoms with Gasteiger partial charge in [-0.3, -0.25) is 9.59 Å². The molecule has 0 unspecified atom stereocenters. The summed E-state index contributed by atoms with van der Waals surface area (Å²) in [6.45, 7) is 1.87. The van der Waals surface area contributed by atoms with Gasteiger partial charge in [-0.25, -0.2) is 8.78 Å². The smallest absolute Gasteiger partial charge is 0.254 e. The SMILES string of the molecule is C[C@@H]1CCCC[C@@H]1NC(=O)CNC(=O)c1ccc(F)cc1F. The standard InChI is InChI=1S/C16H20F2N2O2/c1-10-4-2-3-5-14(10)20-15(21)9-19-16(22)12-7-6-11(17)8-13(12)18/h6-8,10,14H,2-5,9H2,1H3,(H,19,22)(H,20,21)/t10-,14+/m1/s1. The third-order valence-electron chi connectivity index (χ3n) is 4.04. The predicted octanol–water partition coefficient (Wildman–Crippen LogP) is 2.39. The average molecular weight is 310 g/mol. The fraction of sp³-hybridized carbons (Fsp3) is 0.500. The van der Waals surface area contributed by atoms with Crippen molar-refractivity contribution in [3.05, 3.63) is 35.4 Å². The first-order valence-corrected chi connectivity index (χ1v) is 7.50. The number of nitrogens with one attached hydrogen (secondary N) is 2. The topological polar surface area (TPSA) is 58.2 Å². The lowest BCUT2D eigenvalue weighted by Crippen LogP contribution is -2.45. The molecule has 1 aliphatic carbocycles. The van der Waals surface area contributed by atoms with Crippen LogP contribution >= 0.6 is 0 Å². The second kappa shape index (κ2) is 7.33. The Kier molecular flexibility index (Phi) is 5.46. The van der Waals surface area contributed by atoms with Gasteiger partial charge in [0.05, 0.1) is 12.1 Å². The number of halogens is 2. The first-order valence-electron chi connectivity index (χ1n) is 7.50. The minimum Gasteiger partial charge on any atom is -0.352 e. The van der Waals surface area contributed by atoms with Crippen molar-refractivity contribution in [1.82, 2.24) is 10.6 Å². The molecule has 0 aliphatic heterocycles. The summed E-state index contributed by atoms with van der Waals surface area (Å²) in [6, 6.07) is 2.82. The number of amides is 2. The molecule has 1 aromatic carbocycles. The van der Waals surface area contributed by atoms with Crippen LogP contribution in [-0.4, -0.2) is 24.4 Å². The van der Waals surface area contributed by atoms with Crippen LogP contribution in [0, 0.1) is 17.6 Å². The van der Waals surface area contributed by atoms with Gasteiger partial charge in [-0.15, -0.1) is 0 Å². The van der Waals surface area contributed by atoms with Gasteiger partial charge in [-0.2, -0.15) is 0 Å². The van der Waals surface area contributed by atoms with E-state index >= 15 is 0 Å². The maximum absolute atomic E-state index is 13.4. The third kappa shape index (κ3) is 4.26. The van der Waals surface area contributed by atoms with Crippen molar-refractivity contribution >= 4 is 11.8 Å². The lowest BCUT2D eigenvalue weighted by molar-refractivity contribution is -0.121. The van der Waals surface area contributed by atoms with E-state index in [1.54, 1.807) is 0 Å². The van der Waals surface area contributed by atoms with E-state index < -0.39 is 17.5 Å². The number of hydrogen-bond acceptors (Lipinski definition) is 2. The molecule has 0 heterocycles. The normalized spacial score (nSPS) is 21.2. The maximum atomic E-state index is 13.4. The van der Waals surface area contributed by atoms with Gasteiger partial charge in [0.2, 0.25) is 5.91 Å². The van der Waals surface area contributed by atoms with Crippen LogP contribution in [0.1, 0.15) is 43.0 Å². The molecule has 2 atom stereocenters. The van der Waals surface area contributed by atoms with Gasteiger partial charge >= 0.3 is 0 Å². The van der Waals surface area contributed by atoms with Gasteiger partial charge in [-0.05, 0) is 30.9 Å². The van der Waals surface area contributed by atoms with Crippen molar-refractivity contribution in [1.29, 1.82) is 0 Å². The molecule has 2 rings (SSSR count). The summed E-state index contributed by atoms with van der Waals surface area (Å²) < 4.78 is 26.2.